The summed E-state index contributed by atoms with van der Waals surface area (Å²) in [6.45, 7) is 1.88. The van der Waals surface area contributed by atoms with Gasteiger partial charge in [-0.1, -0.05) is 11.8 Å². The maximum atomic E-state index is 12.4. The molecule has 8 heteroatoms. The summed E-state index contributed by atoms with van der Waals surface area (Å²) in [5.74, 6) is 1.14. The van der Waals surface area contributed by atoms with Crippen LogP contribution in [-0.2, 0) is 0 Å². The van der Waals surface area contributed by atoms with Crippen molar-refractivity contribution >= 4 is 39.1 Å². The van der Waals surface area contributed by atoms with E-state index in [1.807, 2.05) is 12.3 Å². The van der Waals surface area contributed by atoms with Gasteiger partial charge in [-0.25, -0.2) is 4.98 Å². The van der Waals surface area contributed by atoms with Crippen LogP contribution in [0.1, 0.15) is 15.9 Å². The van der Waals surface area contributed by atoms with Crippen LogP contribution in [0.3, 0.4) is 0 Å². The summed E-state index contributed by atoms with van der Waals surface area (Å²) in [7, 11) is 3.06. The van der Waals surface area contributed by atoms with Crippen LogP contribution in [0.2, 0.25) is 0 Å². The summed E-state index contributed by atoms with van der Waals surface area (Å²) in [4.78, 5) is 32.4. The number of rotatable bonds is 6. The van der Waals surface area contributed by atoms with Gasteiger partial charge in [0.2, 0.25) is 0 Å². The molecule has 0 bridgehead atoms. The lowest BCUT2D eigenvalue weighted by Gasteiger charge is -2.09. The molecule has 0 saturated carbocycles. The molecule has 0 aliphatic carbocycles. The van der Waals surface area contributed by atoms with Gasteiger partial charge in [-0.2, -0.15) is 0 Å². The summed E-state index contributed by atoms with van der Waals surface area (Å²) < 4.78 is 10.4. The van der Waals surface area contributed by atoms with Gasteiger partial charge in [0.05, 0.1) is 25.4 Å². The van der Waals surface area contributed by atoms with Crippen LogP contribution in [-0.4, -0.2) is 35.7 Å². The van der Waals surface area contributed by atoms with Crippen molar-refractivity contribution in [3.8, 4) is 11.5 Å². The van der Waals surface area contributed by atoms with Crippen LogP contribution in [0.5, 0.6) is 11.5 Å². The van der Waals surface area contributed by atoms with Gasteiger partial charge in [-0.05, 0) is 36.1 Å². The Morgan fingerprint density at radius 3 is 2.76 bits per heavy atom. The summed E-state index contributed by atoms with van der Waals surface area (Å²) in [5, 5.41) is 2.95. The van der Waals surface area contributed by atoms with E-state index in [0.717, 1.165) is 5.56 Å². The third-order valence-electron chi connectivity index (χ3n) is 3.65. The van der Waals surface area contributed by atoms with Gasteiger partial charge in [0.1, 0.15) is 4.83 Å². The summed E-state index contributed by atoms with van der Waals surface area (Å²) >= 11 is 2.63. The molecule has 0 atom stereocenters. The van der Waals surface area contributed by atoms with Crippen molar-refractivity contribution in [2.24, 2.45) is 0 Å². The van der Waals surface area contributed by atoms with Crippen molar-refractivity contribution in [1.29, 1.82) is 0 Å². The molecule has 0 aliphatic heterocycles. The maximum absolute atomic E-state index is 12.4. The summed E-state index contributed by atoms with van der Waals surface area (Å²) in [6, 6.07) is 5.02. The molecule has 130 valence electrons. The molecule has 2 aromatic heterocycles. The second-order valence-electron chi connectivity index (χ2n) is 5.25. The zero-order valence-corrected chi connectivity index (χ0v) is 15.5. The number of nitrogens with zero attached hydrogens (tertiary/aromatic N) is 1. The molecule has 0 fully saturated rings. The number of aryl methyl sites for hydroxylation is 1. The lowest BCUT2D eigenvalue weighted by molar-refractivity contribution is 0.102. The smallest absolute Gasteiger partial charge is 0.260 e. The van der Waals surface area contributed by atoms with Crippen molar-refractivity contribution in [3.63, 3.8) is 0 Å². The average Bonchev–Trinajstić information content (AvgIpc) is 3.00. The monoisotopic (exact) mass is 376 g/mol. The van der Waals surface area contributed by atoms with Crippen LogP contribution in [0.15, 0.2) is 33.5 Å². The molecule has 1 aromatic carbocycles. The fraction of sp³-hybridized carbons (Fsp3) is 0.235. The number of methoxy groups -OCH3 is 2. The van der Waals surface area contributed by atoms with Gasteiger partial charge in [0.15, 0.2) is 22.4 Å². The van der Waals surface area contributed by atoms with E-state index in [9.17, 15) is 9.59 Å². The number of nitrogens with one attached hydrogen (secondary N) is 1. The summed E-state index contributed by atoms with van der Waals surface area (Å²) in [6.07, 6.45) is 0. The molecule has 3 aromatic rings. The zero-order valence-electron chi connectivity index (χ0n) is 13.9. The van der Waals surface area contributed by atoms with Crippen molar-refractivity contribution in [2.75, 3.05) is 20.0 Å². The van der Waals surface area contributed by atoms with Crippen LogP contribution < -0.4 is 15.0 Å². The Morgan fingerprint density at radius 1 is 1.28 bits per heavy atom. The predicted molar refractivity (Wildman–Crippen MR) is 99.6 cm³/mol. The topological polar surface area (TPSA) is 81.3 Å². The maximum Gasteiger partial charge on any atom is 0.260 e. The number of thiophene rings is 1. The number of thioether (sulfide) groups is 1. The number of hydrogen-bond acceptors (Lipinski definition) is 7. The van der Waals surface area contributed by atoms with E-state index in [-0.39, 0.29) is 17.1 Å². The highest BCUT2D eigenvalue weighted by atomic mass is 32.2. The summed E-state index contributed by atoms with van der Waals surface area (Å²) in [5.41, 5.74) is 1.25. The van der Waals surface area contributed by atoms with E-state index in [1.54, 1.807) is 25.3 Å². The highest BCUT2D eigenvalue weighted by Gasteiger charge is 2.13. The molecule has 0 unspecified atom stereocenters. The van der Waals surface area contributed by atoms with Crippen molar-refractivity contribution < 1.29 is 14.3 Å². The first kappa shape index (κ1) is 17.5. The predicted octanol–water partition coefficient (Wildman–Crippen LogP) is 3.29. The van der Waals surface area contributed by atoms with Crippen LogP contribution in [0.25, 0.3) is 10.2 Å². The standard InChI is InChI=1S/C17H16N2O4S2/c1-9-7-24-16-14(9)15(21)18-17(19-16)25-8-11(20)10-4-5-12(22-2)13(6-10)23-3/h4-7H,8H2,1-3H3,(H,18,19,21). The minimum atomic E-state index is -0.176. The largest absolute Gasteiger partial charge is 0.493 e. The Morgan fingerprint density at radius 2 is 2.04 bits per heavy atom. The zero-order chi connectivity index (χ0) is 18.0. The molecule has 6 nitrogen and oxygen atoms in total. The number of Topliss-reactive ketones (excluding diaryl/α,β-unsaturated/α-hetero) is 1. The molecule has 0 radical (unpaired) electrons. The molecule has 1 N–H and O–H groups in total. The Labute approximate surface area is 152 Å². The molecule has 0 aliphatic rings. The number of hydrogen-bond donors (Lipinski definition) is 1. The highest BCUT2D eigenvalue weighted by molar-refractivity contribution is 7.99. The van der Waals surface area contributed by atoms with E-state index in [0.29, 0.717) is 32.4 Å². The number of ketones is 1. The van der Waals surface area contributed by atoms with Gasteiger partial charge in [-0.15, -0.1) is 11.3 Å². The number of aromatic nitrogens is 2. The number of carbonyl (C=O) groups is 1. The van der Waals surface area contributed by atoms with Gasteiger partial charge in [0.25, 0.3) is 5.56 Å². The fourth-order valence-electron chi connectivity index (χ4n) is 2.36. The first-order valence-corrected chi connectivity index (χ1v) is 9.26. The second kappa shape index (κ2) is 7.28. The van der Waals surface area contributed by atoms with Gasteiger partial charge in [0, 0.05) is 5.56 Å². The Bertz CT molecular complexity index is 994. The van der Waals surface area contributed by atoms with E-state index >= 15 is 0 Å². The van der Waals surface area contributed by atoms with Gasteiger partial charge >= 0.3 is 0 Å². The normalized spacial score (nSPS) is 10.8. The molecule has 0 spiro atoms. The van der Waals surface area contributed by atoms with Gasteiger partial charge in [-0.3, -0.25) is 9.59 Å². The minimum absolute atomic E-state index is 0.0870. The highest BCUT2D eigenvalue weighted by Crippen LogP contribution is 2.28. The number of benzene rings is 1. The number of H-pyrrole nitrogens is 1. The Kier molecular flexibility index (Phi) is 5.10. The van der Waals surface area contributed by atoms with E-state index in [1.165, 1.54) is 30.2 Å². The number of aromatic amines is 1. The van der Waals surface area contributed by atoms with Crippen molar-refractivity contribution in [3.05, 3.63) is 45.1 Å². The number of carbonyl (C=O) groups excluding carboxylic acids is 1. The van der Waals surface area contributed by atoms with Crippen LogP contribution >= 0.6 is 23.1 Å². The third-order valence-corrected chi connectivity index (χ3v) is 5.52. The first-order valence-electron chi connectivity index (χ1n) is 7.39. The average molecular weight is 376 g/mol. The second-order valence-corrected chi connectivity index (χ2v) is 7.07. The number of ether oxygens (including phenoxy) is 2. The van der Waals surface area contributed by atoms with Crippen molar-refractivity contribution in [2.45, 2.75) is 12.1 Å². The minimum Gasteiger partial charge on any atom is -0.493 e. The van der Waals surface area contributed by atoms with E-state index in [2.05, 4.69) is 9.97 Å². The molecule has 3 rings (SSSR count). The fourth-order valence-corrected chi connectivity index (χ4v) is 4.10. The lowest BCUT2D eigenvalue weighted by atomic mass is 10.1. The SMILES string of the molecule is COc1ccc(C(=O)CSc2nc3scc(C)c3c(=O)[nH]2)cc1OC. The molecule has 0 saturated heterocycles. The van der Waals surface area contributed by atoms with Gasteiger partial charge < -0.3 is 14.5 Å². The lowest BCUT2D eigenvalue weighted by Crippen LogP contribution is -2.10. The molecular weight excluding hydrogens is 360 g/mol. The Balaban J connectivity index is 1.77. The molecule has 25 heavy (non-hydrogen) atoms. The van der Waals surface area contributed by atoms with E-state index in [4.69, 9.17) is 9.47 Å². The van der Waals surface area contributed by atoms with Crippen molar-refractivity contribution in [1.82, 2.24) is 9.97 Å². The quantitative estimate of drug-likeness (QED) is 0.404. The molecule has 2 heterocycles. The molecular formula is C17H16N2O4S2. The number of fused-ring (bicyclic) bond motifs is 1. The van der Waals surface area contributed by atoms with E-state index < -0.39 is 0 Å². The third kappa shape index (κ3) is 3.54. The van der Waals surface area contributed by atoms with Crippen LogP contribution in [0, 0.1) is 6.92 Å². The Hall–Kier alpha value is -2.32. The molecule has 0 amide bonds. The first-order chi connectivity index (χ1) is 12.0. The van der Waals surface area contributed by atoms with Crippen LogP contribution in [0.4, 0.5) is 0 Å².